The van der Waals surface area contributed by atoms with Gasteiger partial charge in [0.2, 0.25) is 5.91 Å². The topological polar surface area (TPSA) is 55.9 Å². The summed E-state index contributed by atoms with van der Waals surface area (Å²) in [5.74, 6) is 0.848. The maximum atomic E-state index is 13.3. The van der Waals surface area contributed by atoms with E-state index in [-0.39, 0.29) is 11.4 Å². The van der Waals surface area contributed by atoms with Crippen molar-refractivity contribution in [3.05, 3.63) is 0 Å². The molecule has 24 heavy (non-hydrogen) atoms. The molecular weight excluding hydrogens is 304 g/mol. The Morgan fingerprint density at radius 3 is 2.42 bits per heavy atom. The maximum absolute atomic E-state index is 13.3. The number of nitrogens with zero attached hydrogens (tertiary/aromatic N) is 3. The van der Waals surface area contributed by atoms with E-state index in [2.05, 4.69) is 5.32 Å². The Kier molecular flexibility index (Phi) is 5.33. The number of piperazine rings is 1. The molecule has 0 unspecified atom stereocenters. The normalized spacial score (nSPS) is 30.2. The summed E-state index contributed by atoms with van der Waals surface area (Å²) >= 11 is 0. The smallest absolute Gasteiger partial charge is 0.320 e. The van der Waals surface area contributed by atoms with Gasteiger partial charge in [-0.25, -0.2) is 4.79 Å². The molecule has 3 rings (SSSR count). The molecule has 1 saturated carbocycles. The third kappa shape index (κ3) is 3.01. The Hall–Kier alpha value is -1.30. The van der Waals surface area contributed by atoms with Gasteiger partial charge in [0.15, 0.2) is 0 Å². The van der Waals surface area contributed by atoms with Crippen LogP contribution >= 0.6 is 0 Å². The lowest BCUT2D eigenvalue weighted by Crippen LogP contribution is -2.58. The number of carbonyl (C=O) groups is 2. The van der Waals surface area contributed by atoms with Crippen molar-refractivity contribution in [1.29, 1.82) is 0 Å². The van der Waals surface area contributed by atoms with Gasteiger partial charge in [-0.15, -0.1) is 0 Å². The van der Waals surface area contributed by atoms with Crippen molar-refractivity contribution in [2.75, 3.05) is 52.4 Å². The number of carbonyl (C=O) groups excluding carboxylic acids is 2. The van der Waals surface area contributed by atoms with Crippen molar-refractivity contribution in [3.63, 3.8) is 0 Å². The number of rotatable bonds is 3. The highest BCUT2D eigenvalue weighted by atomic mass is 16.2. The second-order valence-corrected chi connectivity index (χ2v) is 7.46. The molecule has 1 N–H and O–H groups in total. The number of amides is 3. The van der Waals surface area contributed by atoms with Crippen molar-refractivity contribution in [2.45, 2.75) is 39.5 Å². The Morgan fingerprint density at radius 1 is 1.08 bits per heavy atom. The van der Waals surface area contributed by atoms with Crippen molar-refractivity contribution in [1.82, 2.24) is 20.0 Å². The number of fused-ring (bicyclic) bond motifs is 1. The first-order valence-corrected chi connectivity index (χ1v) is 9.66. The van der Waals surface area contributed by atoms with Crippen molar-refractivity contribution in [2.24, 2.45) is 11.3 Å². The number of hydrogen-bond donors (Lipinski definition) is 1. The Bertz CT molecular complexity index is 472. The minimum atomic E-state index is -0.163. The van der Waals surface area contributed by atoms with E-state index in [4.69, 9.17) is 0 Å². The molecule has 0 aromatic carbocycles. The van der Waals surface area contributed by atoms with Gasteiger partial charge < -0.3 is 20.0 Å². The average Bonchev–Trinajstić information content (AvgIpc) is 3.07. The zero-order chi connectivity index (χ0) is 17.2. The van der Waals surface area contributed by atoms with Crippen molar-refractivity contribution in [3.8, 4) is 0 Å². The third-order valence-corrected chi connectivity index (χ3v) is 6.34. The van der Waals surface area contributed by atoms with E-state index in [1.165, 1.54) is 19.3 Å². The minimum Gasteiger partial charge on any atom is -0.339 e. The van der Waals surface area contributed by atoms with E-state index in [1.54, 1.807) is 0 Å². The maximum Gasteiger partial charge on any atom is 0.320 e. The molecule has 2 aliphatic heterocycles. The lowest BCUT2D eigenvalue weighted by Gasteiger charge is -2.44. The van der Waals surface area contributed by atoms with Crippen LogP contribution in [-0.2, 0) is 4.79 Å². The lowest BCUT2D eigenvalue weighted by molar-refractivity contribution is -0.147. The van der Waals surface area contributed by atoms with Gasteiger partial charge in [-0.3, -0.25) is 4.79 Å². The fraction of sp³-hybridized carbons (Fsp3) is 0.889. The lowest BCUT2D eigenvalue weighted by atomic mass is 9.67. The molecule has 0 aromatic heterocycles. The molecule has 3 amide bonds. The van der Waals surface area contributed by atoms with Gasteiger partial charge in [-0.2, -0.15) is 0 Å². The molecule has 136 valence electrons. The predicted molar refractivity (Wildman–Crippen MR) is 93.7 cm³/mol. The molecule has 0 radical (unpaired) electrons. The fourth-order valence-electron chi connectivity index (χ4n) is 4.78. The highest BCUT2D eigenvalue weighted by Gasteiger charge is 2.51. The molecule has 2 heterocycles. The number of urea groups is 1. The van der Waals surface area contributed by atoms with Crippen LogP contribution in [0.15, 0.2) is 0 Å². The van der Waals surface area contributed by atoms with Crippen LogP contribution in [0.4, 0.5) is 4.79 Å². The molecule has 6 nitrogen and oxygen atoms in total. The van der Waals surface area contributed by atoms with Crippen LogP contribution in [0.25, 0.3) is 0 Å². The molecule has 0 spiro atoms. The van der Waals surface area contributed by atoms with Gasteiger partial charge in [-0.05, 0) is 39.2 Å². The van der Waals surface area contributed by atoms with Crippen LogP contribution in [0.2, 0.25) is 0 Å². The van der Waals surface area contributed by atoms with Gasteiger partial charge in [0, 0.05) is 45.8 Å². The minimum absolute atomic E-state index is 0.114. The first kappa shape index (κ1) is 17.5. The van der Waals surface area contributed by atoms with Crippen LogP contribution in [-0.4, -0.2) is 79.0 Å². The molecule has 3 aliphatic rings. The Morgan fingerprint density at radius 2 is 1.75 bits per heavy atom. The Balaban J connectivity index is 1.60. The first-order chi connectivity index (χ1) is 11.6. The molecule has 2 saturated heterocycles. The molecule has 0 bridgehead atoms. The van der Waals surface area contributed by atoms with Gasteiger partial charge in [-0.1, -0.05) is 12.8 Å². The van der Waals surface area contributed by atoms with Crippen LogP contribution in [0.1, 0.15) is 39.5 Å². The highest BCUT2D eigenvalue weighted by Crippen LogP contribution is 2.45. The second-order valence-electron chi connectivity index (χ2n) is 7.46. The van der Waals surface area contributed by atoms with E-state index in [1.807, 2.05) is 28.5 Å². The van der Waals surface area contributed by atoms with E-state index in [9.17, 15) is 9.59 Å². The molecule has 3 fully saturated rings. The van der Waals surface area contributed by atoms with Crippen LogP contribution in [0, 0.1) is 11.3 Å². The highest BCUT2D eigenvalue weighted by molar-refractivity contribution is 5.84. The second kappa shape index (κ2) is 7.30. The molecule has 1 aliphatic carbocycles. The number of nitrogens with one attached hydrogen (secondary N) is 1. The quantitative estimate of drug-likeness (QED) is 0.847. The summed E-state index contributed by atoms with van der Waals surface area (Å²) in [5, 5.41) is 3.46. The summed E-state index contributed by atoms with van der Waals surface area (Å²) < 4.78 is 0. The summed E-state index contributed by atoms with van der Waals surface area (Å²) in [4.78, 5) is 31.5. The third-order valence-electron chi connectivity index (χ3n) is 6.34. The van der Waals surface area contributed by atoms with Crippen molar-refractivity contribution >= 4 is 11.9 Å². The van der Waals surface area contributed by atoms with Crippen LogP contribution in [0.3, 0.4) is 0 Å². The van der Waals surface area contributed by atoms with Gasteiger partial charge >= 0.3 is 6.03 Å². The van der Waals surface area contributed by atoms with Crippen molar-refractivity contribution < 1.29 is 9.59 Å². The zero-order valence-corrected chi connectivity index (χ0v) is 15.2. The molecule has 2 atom stereocenters. The summed E-state index contributed by atoms with van der Waals surface area (Å²) in [6.07, 6.45) is 4.64. The molecule has 0 aromatic rings. The molecule has 6 heteroatoms. The number of hydrogen-bond acceptors (Lipinski definition) is 3. The van der Waals surface area contributed by atoms with E-state index in [0.717, 1.165) is 32.6 Å². The summed E-state index contributed by atoms with van der Waals surface area (Å²) in [5.41, 5.74) is -0.163. The zero-order valence-electron chi connectivity index (χ0n) is 15.2. The fourth-order valence-corrected chi connectivity index (χ4v) is 4.78. The average molecular weight is 336 g/mol. The van der Waals surface area contributed by atoms with Crippen LogP contribution < -0.4 is 5.32 Å². The summed E-state index contributed by atoms with van der Waals surface area (Å²) in [6.45, 7) is 10.0. The first-order valence-electron chi connectivity index (χ1n) is 9.66. The largest absolute Gasteiger partial charge is 0.339 e. The Labute approximate surface area is 145 Å². The molecular formula is C18H32N4O2. The van der Waals surface area contributed by atoms with E-state index in [0.29, 0.717) is 38.0 Å². The van der Waals surface area contributed by atoms with Gasteiger partial charge in [0.05, 0.1) is 5.41 Å². The summed E-state index contributed by atoms with van der Waals surface area (Å²) in [7, 11) is 0. The SMILES string of the molecule is CCN(CC)C(=O)N1CCN(C(=O)[C@@]23CCCC[C@H]2CNC3)CC1. The van der Waals surface area contributed by atoms with Gasteiger partial charge in [0.1, 0.15) is 0 Å². The summed E-state index contributed by atoms with van der Waals surface area (Å²) in [6, 6.07) is 0.114. The van der Waals surface area contributed by atoms with Crippen LogP contribution in [0.5, 0.6) is 0 Å². The van der Waals surface area contributed by atoms with E-state index >= 15 is 0 Å². The van der Waals surface area contributed by atoms with E-state index < -0.39 is 0 Å². The van der Waals surface area contributed by atoms with Gasteiger partial charge in [0.25, 0.3) is 0 Å². The predicted octanol–water partition coefficient (Wildman–Crippen LogP) is 1.37. The standard InChI is InChI=1S/C18H32N4O2/c1-3-20(4-2)17(24)22-11-9-21(10-12-22)16(23)18-8-6-5-7-15(18)13-19-14-18/h15,19H,3-14H2,1-2H3/t15-,18+/m0/s1. The monoisotopic (exact) mass is 336 g/mol.